The van der Waals surface area contributed by atoms with Gasteiger partial charge in [0.2, 0.25) is 0 Å². The van der Waals surface area contributed by atoms with Gasteiger partial charge in [0.05, 0.1) is 20.2 Å². The molecule has 1 atom stereocenters. The molecular formula is C14H12Cl2N2O2S. The normalized spacial score (nSPS) is 13.0. The van der Waals surface area contributed by atoms with Crippen molar-refractivity contribution in [3.05, 3.63) is 54.6 Å². The molecule has 0 radical (unpaired) electrons. The Balaban J connectivity index is 2.09. The van der Waals surface area contributed by atoms with E-state index in [1.165, 1.54) is 11.3 Å². The molecule has 0 bridgehead atoms. The van der Waals surface area contributed by atoms with E-state index in [-0.39, 0.29) is 5.76 Å². The van der Waals surface area contributed by atoms with Crippen LogP contribution in [0.25, 0.3) is 11.1 Å². The third kappa shape index (κ3) is 2.51. The van der Waals surface area contributed by atoms with Crippen molar-refractivity contribution in [2.45, 2.75) is 19.5 Å². The first kappa shape index (κ1) is 14.7. The van der Waals surface area contributed by atoms with Crippen molar-refractivity contribution in [1.82, 2.24) is 4.57 Å². The van der Waals surface area contributed by atoms with Crippen molar-refractivity contribution in [2.24, 2.45) is 5.73 Å². The van der Waals surface area contributed by atoms with Crippen LogP contribution < -0.4 is 11.5 Å². The van der Waals surface area contributed by atoms with Crippen LogP contribution in [-0.4, -0.2) is 4.57 Å². The lowest BCUT2D eigenvalue weighted by atomic mass is 10.0. The zero-order valence-electron chi connectivity index (χ0n) is 11.1. The largest absolute Gasteiger partial charge is 0.419 e. The Bertz CT molecular complexity index is 866. The van der Waals surface area contributed by atoms with Crippen molar-refractivity contribution in [3.8, 4) is 0 Å². The predicted molar refractivity (Wildman–Crippen MR) is 86.5 cm³/mol. The second kappa shape index (κ2) is 5.50. The van der Waals surface area contributed by atoms with Crippen LogP contribution in [0.3, 0.4) is 0 Å². The molecule has 0 amide bonds. The van der Waals surface area contributed by atoms with Gasteiger partial charge in [-0.15, -0.1) is 11.3 Å². The third-order valence-electron chi connectivity index (χ3n) is 3.39. The Morgan fingerprint density at radius 2 is 2.14 bits per heavy atom. The molecule has 0 aliphatic heterocycles. The number of thiophene rings is 1. The molecule has 2 aromatic heterocycles. The second-order valence-electron chi connectivity index (χ2n) is 4.60. The summed E-state index contributed by atoms with van der Waals surface area (Å²) in [6.45, 7) is 2.45. The van der Waals surface area contributed by atoms with Gasteiger partial charge in [0.1, 0.15) is 0 Å². The molecule has 2 N–H and O–H groups in total. The first-order valence-electron chi connectivity index (χ1n) is 6.35. The van der Waals surface area contributed by atoms with Crippen molar-refractivity contribution >= 4 is 45.6 Å². The number of benzene rings is 1. The highest BCUT2D eigenvalue weighted by Gasteiger charge is 2.17. The minimum Gasteiger partial charge on any atom is -0.408 e. The lowest BCUT2D eigenvalue weighted by molar-refractivity contribution is 0.513. The van der Waals surface area contributed by atoms with Gasteiger partial charge < -0.3 is 10.2 Å². The van der Waals surface area contributed by atoms with E-state index in [1.54, 1.807) is 16.7 Å². The Morgan fingerprint density at radius 1 is 1.38 bits per heavy atom. The summed E-state index contributed by atoms with van der Waals surface area (Å²) >= 11 is 13.4. The maximum Gasteiger partial charge on any atom is 0.419 e. The number of aromatic nitrogens is 1. The third-order valence-corrected chi connectivity index (χ3v) is 4.90. The van der Waals surface area contributed by atoms with E-state index in [2.05, 4.69) is 0 Å². The molecule has 21 heavy (non-hydrogen) atoms. The van der Waals surface area contributed by atoms with Crippen LogP contribution in [0.2, 0.25) is 8.67 Å². The van der Waals surface area contributed by atoms with Gasteiger partial charge in [0.15, 0.2) is 5.58 Å². The van der Waals surface area contributed by atoms with Crippen LogP contribution in [0.5, 0.6) is 0 Å². The molecule has 4 nitrogen and oxygen atoms in total. The van der Waals surface area contributed by atoms with Crippen molar-refractivity contribution in [3.63, 3.8) is 0 Å². The molecule has 1 aromatic carbocycles. The average Bonchev–Trinajstić information content (AvgIpc) is 2.95. The van der Waals surface area contributed by atoms with Crippen molar-refractivity contribution < 1.29 is 4.42 Å². The zero-order chi connectivity index (χ0) is 15.1. The van der Waals surface area contributed by atoms with Gasteiger partial charge >= 0.3 is 5.76 Å². The van der Waals surface area contributed by atoms with E-state index in [0.717, 1.165) is 16.6 Å². The van der Waals surface area contributed by atoms with Crippen LogP contribution in [0.15, 0.2) is 33.5 Å². The summed E-state index contributed by atoms with van der Waals surface area (Å²) in [7, 11) is 0. The van der Waals surface area contributed by atoms with E-state index < -0.39 is 6.04 Å². The maximum absolute atomic E-state index is 11.7. The number of fused-ring (bicyclic) bond motifs is 1. The van der Waals surface area contributed by atoms with Gasteiger partial charge in [0, 0.05) is 12.1 Å². The highest BCUT2D eigenvalue weighted by Crippen LogP contribution is 2.36. The summed E-state index contributed by atoms with van der Waals surface area (Å²) in [6, 6.07) is 6.82. The molecule has 7 heteroatoms. The average molecular weight is 343 g/mol. The maximum atomic E-state index is 11.7. The summed E-state index contributed by atoms with van der Waals surface area (Å²) < 4.78 is 7.98. The second-order valence-corrected chi connectivity index (χ2v) is 6.88. The molecule has 0 spiro atoms. The highest BCUT2D eigenvalue weighted by molar-refractivity contribution is 7.20. The van der Waals surface area contributed by atoms with Gasteiger partial charge in [0.25, 0.3) is 0 Å². The number of rotatable bonds is 3. The molecule has 0 aliphatic rings. The van der Waals surface area contributed by atoms with Gasteiger partial charge in [-0.05, 0) is 30.7 Å². The Hall–Kier alpha value is -1.27. The first-order chi connectivity index (χ1) is 10.0. The summed E-state index contributed by atoms with van der Waals surface area (Å²) in [5, 5.41) is 0. The van der Waals surface area contributed by atoms with E-state index >= 15 is 0 Å². The van der Waals surface area contributed by atoms with Crippen molar-refractivity contribution in [1.29, 1.82) is 0 Å². The van der Waals surface area contributed by atoms with Gasteiger partial charge in [-0.25, -0.2) is 4.79 Å². The molecule has 0 saturated carbocycles. The SMILES string of the molecule is CCn1c(=O)oc2cc(C(N)c3cc(Cl)sc3Cl)ccc21. The summed E-state index contributed by atoms with van der Waals surface area (Å²) in [5.74, 6) is -0.366. The molecular weight excluding hydrogens is 331 g/mol. The Morgan fingerprint density at radius 3 is 2.76 bits per heavy atom. The lowest BCUT2D eigenvalue weighted by Gasteiger charge is -2.11. The fourth-order valence-electron chi connectivity index (χ4n) is 2.32. The number of hydrogen-bond acceptors (Lipinski definition) is 4. The number of halogens is 2. The fraction of sp³-hybridized carbons (Fsp3) is 0.214. The molecule has 1 unspecified atom stereocenters. The molecule has 3 rings (SSSR count). The summed E-state index contributed by atoms with van der Waals surface area (Å²) in [4.78, 5) is 11.7. The molecule has 0 aliphatic carbocycles. The van der Waals surface area contributed by atoms with Gasteiger partial charge in [-0.1, -0.05) is 29.3 Å². The summed E-state index contributed by atoms with van der Waals surface area (Å²) in [6.07, 6.45) is 0. The number of aryl methyl sites for hydroxylation is 1. The van der Waals surface area contributed by atoms with Crippen LogP contribution in [0, 0.1) is 0 Å². The standard InChI is InChI=1S/C14H12Cl2N2O2S/c1-2-18-9-4-3-7(5-10(9)20-14(18)19)12(17)8-6-11(15)21-13(8)16/h3-6,12H,2,17H2,1H3. The van der Waals surface area contributed by atoms with Gasteiger partial charge in [-0.3, -0.25) is 4.57 Å². The Labute approximate surface area is 134 Å². The van der Waals surface area contributed by atoms with Gasteiger partial charge in [-0.2, -0.15) is 0 Å². The minimum atomic E-state index is -0.416. The van der Waals surface area contributed by atoms with E-state index in [1.807, 2.05) is 19.1 Å². The molecule has 2 heterocycles. The monoisotopic (exact) mass is 342 g/mol. The fourth-order valence-corrected chi connectivity index (χ4v) is 3.87. The number of nitrogens with two attached hydrogens (primary N) is 1. The molecule has 3 aromatic rings. The van der Waals surface area contributed by atoms with Crippen LogP contribution >= 0.6 is 34.5 Å². The van der Waals surface area contributed by atoms with Crippen molar-refractivity contribution in [2.75, 3.05) is 0 Å². The smallest absolute Gasteiger partial charge is 0.408 e. The topological polar surface area (TPSA) is 61.2 Å². The number of nitrogens with zero attached hydrogens (tertiary/aromatic N) is 1. The molecule has 0 saturated heterocycles. The molecule has 0 fully saturated rings. The quantitative estimate of drug-likeness (QED) is 0.781. The number of oxazole rings is 1. The van der Waals surface area contributed by atoms with E-state index in [4.69, 9.17) is 33.4 Å². The number of hydrogen-bond donors (Lipinski definition) is 1. The van der Waals surface area contributed by atoms with E-state index in [9.17, 15) is 4.79 Å². The van der Waals surface area contributed by atoms with Crippen LogP contribution in [0.4, 0.5) is 0 Å². The minimum absolute atomic E-state index is 0.366. The Kier molecular flexibility index (Phi) is 3.84. The highest BCUT2D eigenvalue weighted by atomic mass is 35.5. The lowest BCUT2D eigenvalue weighted by Crippen LogP contribution is -2.12. The zero-order valence-corrected chi connectivity index (χ0v) is 13.4. The predicted octanol–water partition coefficient (Wildman–Crippen LogP) is 4.03. The van der Waals surface area contributed by atoms with Crippen LogP contribution in [0.1, 0.15) is 24.1 Å². The first-order valence-corrected chi connectivity index (χ1v) is 7.92. The summed E-state index contributed by atoms with van der Waals surface area (Å²) in [5.41, 5.74) is 9.10. The molecule has 110 valence electrons. The van der Waals surface area contributed by atoms with E-state index in [0.29, 0.717) is 20.8 Å². The van der Waals surface area contributed by atoms with Crippen LogP contribution in [-0.2, 0) is 6.54 Å².